The molecule has 3 heteroatoms. The highest BCUT2D eigenvalue weighted by molar-refractivity contribution is 5.86. The molecule has 3 nitrogen and oxygen atoms in total. The van der Waals surface area contributed by atoms with Crippen molar-refractivity contribution in [2.75, 3.05) is 13.1 Å². The van der Waals surface area contributed by atoms with Gasteiger partial charge in [0.15, 0.2) is 0 Å². The summed E-state index contributed by atoms with van der Waals surface area (Å²) >= 11 is 0. The third kappa shape index (κ3) is 3.70. The van der Waals surface area contributed by atoms with Crippen LogP contribution in [0.2, 0.25) is 0 Å². The number of hydrogen-bond acceptors (Lipinski definition) is 2. The molecule has 0 radical (unpaired) electrons. The number of hydrogen-bond donors (Lipinski definition) is 2. The van der Waals surface area contributed by atoms with E-state index < -0.39 is 0 Å². The Morgan fingerprint density at radius 1 is 1.41 bits per heavy atom. The van der Waals surface area contributed by atoms with Gasteiger partial charge in [0.2, 0.25) is 5.91 Å². The lowest BCUT2D eigenvalue weighted by molar-refractivity contribution is -0.127. The highest BCUT2D eigenvalue weighted by Gasteiger charge is 2.40. The van der Waals surface area contributed by atoms with Gasteiger partial charge >= 0.3 is 0 Å². The molecule has 17 heavy (non-hydrogen) atoms. The Balaban J connectivity index is 2.55. The van der Waals surface area contributed by atoms with Crippen molar-refractivity contribution in [1.82, 2.24) is 10.6 Å². The SMILES string of the molecule is CCCC1(C(=O)NCC(C)(C)CC)CCCN1. The molecule has 1 rings (SSSR count). The van der Waals surface area contributed by atoms with Crippen molar-refractivity contribution in [3.63, 3.8) is 0 Å². The van der Waals surface area contributed by atoms with Crippen LogP contribution >= 0.6 is 0 Å². The Morgan fingerprint density at radius 3 is 2.59 bits per heavy atom. The predicted molar refractivity (Wildman–Crippen MR) is 72.0 cm³/mol. The quantitative estimate of drug-likeness (QED) is 0.749. The van der Waals surface area contributed by atoms with Crippen LogP contribution in [0.5, 0.6) is 0 Å². The maximum Gasteiger partial charge on any atom is 0.240 e. The molecule has 1 amide bonds. The van der Waals surface area contributed by atoms with Gasteiger partial charge in [-0.2, -0.15) is 0 Å². The summed E-state index contributed by atoms with van der Waals surface area (Å²) in [6.07, 6.45) is 5.19. The molecule has 1 atom stereocenters. The van der Waals surface area contributed by atoms with Crippen molar-refractivity contribution in [3.05, 3.63) is 0 Å². The van der Waals surface area contributed by atoms with Crippen LogP contribution in [0.4, 0.5) is 0 Å². The van der Waals surface area contributed by atoms with Crippen molar-refractivity contribution in [2.45, 2.75) is 65.3 Å². The Kier molecular flexibility index (Phi) is 4.99. The molecular weight excluding hydrogens is 212 g/mol. The third-order valence-corrected chi connectivity index (χ3v) is 4.04. The van der Waals surface area contributed by atoms with Crippen LogP contribution in [0.25, 0.3) is 0 Å². The molecule has 1 saturated heterocycles. The molecule has 0 saturated carbocycles. The van der Waals surface area contributed by atoms with Gasteiger partial charge in [0, 0.05) is 6.54 Å². The summed E-state index contributed by atoms with van der Waals surface area (Å²) < 4.78 is 0. The van der Waals surface area contributed by atoms with Crippen molar-refractivity contribution in [2.24, 2.45) is 5.41 Å². The molecule has 0 spiro atoms. The Labute approximate surface area is 106 Å². The van der Waals surface area contributed by atoms with Crippen LogP contribution in [0.15, 0.2) is 0 Å². The number of carbonyl (C=O) groups is 1. The van der Waals surface area contributed by atoms with Gasteiger partial charge in [0.1, 0.15) is 0 Å². The molecular formula is C14H28N2O. The summed E-state index contributed by atoms with van der Waals surface area (Å²) in [5, 5.41) is 6.55. The van der Waals surface area contributed by atoms with Crippen molar-refractivity contribution in [1.29, 1.82) is 0 Å². The summed E-state index contributed by atoms with van der Waals surface area (Å²) in [6.45, 7) is 10.5. The van der Waals surface area contributed by atoms with Gasteiger partial charge < -0.3 is 10.6 Å². The first-order chi connectivity index (χ1) is 7.96. The van der Waals surface area contributed by atoms with Crippen molar-refractivity contribution >= 4 is 5.91 Å². The van der Waals surface area contributed by atoms with Crippen molar-refractivity contribution < 1.29 is 4.79 Å². The van der Waals surface area contributed by atoms with Gasteiger partial charge in [-0.1, -0.05) is 34.1 Å². The highest BCUT2D eigenvalue weighted by Crippen LogP contribution is 2.26. The van der Waals surface area contributed by atoms with Crippen LogP contribution in [0, 0.1) is 5.41 Å². The largest absolute Gasteiger partial charge is 0.354 e. The number of nitrogens with one attached hydrogen (secondary N) is 2. The molecule has 0 bridgehead atoms. The summed E-state index contributed by atoms with van der Waals surface area (Å²) in [5.41, 5.74) is -0.0831. The van der Waals surface area contributed by atoms with Crippen molar-refractivity contribution in [3.8, 4) is 0 Å². The van der Waals surface area contributed by atoms with Crippen LogP contribution < -0.4 is 10.6 Å². The minimum Gasteiger partial charge on any atom is -0.354 e. The summed E-state index contributed by atoms with van der Waals surface area (Å²) in [6, 6.07) is 0. The van der Waals surface area contributed by atoms with E-state index >= 15 is 0 Å². The van der Waals surface area contributed by atoms with E-state index in [9.17, 15) is 4.79 Å². The zero-order valence-corrected chi connectivity index (χ0v) is 11.9. The van der Waals surface area contributed by atoms with Gasteiger partial charge in [-0.25, -0.2) is 0 Å². The molecule has 100 valence electrons. The summed E-state index contributed by atoms with van der Waals surface area (Å²) in [5.74, 6) is 0.207. The minimum absolute atomic E-state index is 0.196. The molecule has 1 fully saturated rings. The van der Waals surface area contributed by atoms with E-state index in [0.29, 0.717) is 0 Å². The molecule has 1 aliphatic heterocycles. The molecule has 1 unspecified atom stereocenters. The Hall–Kier alpha value is -0.570. The van der Waals surface area contributed by atoms with Crippen LogP contribution in [0.1, 0.15) is 59.8 Å². The van der Waals surface area contributed by atoms with Gasteiger partial charge in [0.05, 0.1) is 5.54 Å². The lowest BCUT2D eigenvalue weighted by Crippen LogP contribution is -2.54. The number of amides is 1. The van der Waals surface area contributed by atoms with Gasteiger partial charge in [-0.15, -0.1) is 0 Å². The van der Waals surface area contributed by atoms with E-state index in [2.05, 4.69) is 38.3 Å². The average molecular weight is 240 g/mol. The lowest BCUT2D eigenvalue weighted by atomic mass is 9.88. The fraction of sp³-hybridized carbons (Fsp3) is 0.929. The molecule has 1 aliphatic rings. The first-order valence-electron chi connectivity index (χ1n) is 6.99. The van der Waals surface area contributed by atoms with E-state index in [-0.39, 0.29) is 16.9 Å². The van der Waals surface area contributed by atoms with E-state index in [4.69, 9.17) is 0 Å². The van der Waals surface area contributed by atoms with Crippen LogP contribution in [0.3, 0.4) is 0 Å². The molecule has 0 aromatic carbocycles. The monoisotopic (exact) mass is 240 g/mol. The van der Waals surface area contributed by atoms with Gasteiger partial charge in [-0.3, -0.25) is 4.79 Å². The first kappa shape index (κ1) is 14.5. The van der Waals surface area contributed by atoms with E-state index in [1.165, 1.54) is 0 Å². The maximum atomic E-state index is 12.3. The number of rotatable bonds is 6. The van der Waals surface area contributed by atoms with Gasteiger partial charge in [-0.05, 0) is 37.6 Å². The fourth-order valence-corrected chi connectivity index (χ4v) is 2.37. The van der Waals surface area contributed by atoms with Gasteiger partial charge in [0.25, 0.3) is 0 Å². The highest BCUT2D eigenvalue weighted by atomic mass is 16.2. The minimum atomic E-state index is -0.279. The molecule has 2 N–H and O–H groups in total. The average Bonchev–Trinajstić information content (AvgIpc) is 2.76. The second kappa shape index (κ2) is 5.85. The Bertz CT molecular complexity index is 255. The normalized spacial score (nSPS) is 24.9. The fourth-order valence-electron chi connectivity index (χ4n) is 2.37. The van der Waals surface area contributed by atoms with E-state index in [1.807, 2.05) is 0 Å². The zero-order valence-electron chi connectivity index (χ0n) is 11.9. The van der Waals surface area contributed by atoms with E-state index in [0.717, 1.165) is 45.2 Å². The van der Waals surface area contributed by atoms with E-state index in [1.54, 1.807) is 0 Å². The third-order valence-electron chi connectivity index (χ3n) is 4.04. The molecule has 1 heterocycles. The zero-order chi connectivity index (χ0) is 12.9. The summed E-state index contributed by atoms with van der Waals surface area (Å²) in [4.78, 5) is 12.3. The molecule has 0 aromatic heterocycles. The maximum absolute atomic E-state index is 12.3. The standard InChI is InChI=1S/C14H28N2O/c1-5-8-14(9-7-10-16-14)12(17)15-11-13(3,4)6-2/h16H,5-11H2,1-4H3,(H,15,17). The van der Waals surface area contributed by atoms with Crippen LogP contribution in [-0.2, 0) is 4.79 Å². The predicted octanol–water partition coefficient (Wildman–Crippen LogP) is 2.46. The molecule has 0 aromatic rings. The summed E-state index contributed by atoms with van der Waals surface area (Å²) in [7, 11) is 0. The second-order valence-electron chi connectivity index (χ2n) is 6.06. The smallest absolute Gasteiger partial charge is 0.240 e. The molecule has 0 aliphatic carbocycles. The first-order valence-corrected chi connectivity index (χ1v) is 6.99. The van der Waals surface area contributed by atoms with Crippen LogP contribution in [-0.4, -0.2) is 24.5 Å². The second-order valence-corrected chi connectivity index (χ2v) is 6.06. The number of carbonyl (C=O) groups excluding carboxylic acids is 1. The Morgan fingerprint density at radius 2 is 2.12 bits per heavy atom. The topological polar surface area (TPSA) is 41.1 Å². The lowest BCUT2D eigenvalue weighted by Gasteiger charge is -2.30.